The van der Waals surface area contributed by atoms with Gasteiger partial charge in [-0.1, -0.05) is 60.5 Å². The molecule has 0 radical (unpaired) electrons. The number of rotatable bonds is 2. The third-order valence-corrected chi connectivity index (χ3v) is 3.20. The summed E-state index contributed by atoms with van der Waals surface area (Å²) in [5.74, 6) is 5.98. The van der Waals surface area contributed by atoms with Gasteiger partial charge in [-0.15, -0.1) is 0 Å². The van der Waals surface area contributed by atoms with Crippen molar-refractivity contribution in [2.75, 3.05) is 0 Å². The van der Waals surface area contributed by atoms with Gasteiger partial charge in [0.1, 0.15) is 0 Å². The summed E-state index contributed by atoms with van der Waals surface area (Å²) in [5, 5.41) is 12.4. The normalized spacial score (nSPS) is 10.8. The Bertz CT molecular complexity index is 673. The quantitative estimate of drug-likeness (QED) is 0.380. The molecule has 0 aliphatic rings. The number of aryl methyl sites for hydroxylation is 2. The summed E-state index contributed by atoms with van der Waals surface area (Å²) < 4.78 is 0. The second-order valence-corrected chi connectivity index (χ2v) is 4.56. The molecule has 2 aromatic carbocycles. The molecule has 0 aliphatic heterocycles. The third-order valence-electron chi connectivity index (χ3n) is 3.20. The van der Waals surface area contributed by atoms with Crippen molar-refractivity contribution in [2.45, 2.75) is 20.3 Å². The molecule has 100 valence electrons. The molecule has 0 saturated carbocycles. The molecule has 20 heavy (non-hydrogen) atoms. The average Bonchev–Trinajstić information content (AvgIpc) is 2.50. The highest BCUT2D eigenvalue weighted by atomic mass is 16.4. The van der Waals surface area contributed by atoms with Crippen LogP contribution in [0, 0.1) is 18.8 Å². The minimum atomic E-state index is 0.385. The minimum absolute atomic E-state index is 0.385. The SMILES string of the molecule is CCc1ccc(C(C#Cc2ccccc2C)=NO)cc1. The van der Waals surface area contributed by atoms with Gasteiger partial charge in [0.05, 0.1) is 0 Å². The van der Waals surface area contributed by atoms with E-state index in [9.17, 15) is 0 Å². The maximum atomic E-state index is 9.14. The fraction of sp³-hybridized carbons (Fsp3) is 0.167. The van der Waals surface area contributed by atoms with E-state index < -0.39 is 0 Å². The molecule has 0 bridgehead atoms. The van der Waals surface area contributed by atoms with Crippen LogP contribution in [-0.4, -0.2) is 10.9 Å². The van der Waals surface area contributed by atoms with Crippen molar-refractivity contribution in [1.29, 1.82) is 0 Å². The Balaban J connectivity index is 2.29. The van der Waals surface area contributed by atoms with Gasteiger partial charge in [0, 0.05) is 11.1 Å². The second kappa shape index (κ2) is 6.58. The lowest BCUT2D eigenvalue weighted by Crippen LogP contribution is -1.98. The lowest BCUT2D eigenvalue weighted by molar-refractivity contribution is 0.320. The van der Waals surface area contributed by atoms with Crippen molar-refractivity contribution < 1.29 is 5.21 Å². The van der Waals surface area contributed by atoms with Crippen molar-refractivity contribution in [2.24, 2.45) is 5.16 Å². The number of oxime groups is 1. The first-order valence-corrected chi connectivity index (χ1v) is 6.63. The Morgan fingerprint density at radius 3 is 2.40 bits per heavy atom. The van der Waals surface area contributed by atoms with Crippen LogP contribution in [0.25, 0.3) is 0 Å². The fourth-order valence-electron chi connectivity index (χ4n) is 1.89. The van der Waals surface area contributed by atoms with Gasteiger partial charge in [-0.25, -0.2) is 0 Å². The van der Waals surface area contributed by atoms with Crippen molar-refractivity contribution in [1.82, 2.24) is 0 Å². The van der Waals surface area contributed by atoms with Gasteiger partial charge < -0.3 is 5.21 Å². The first-order valence-electron chi connectivity index (χ1n) is 6.63. The van der Waals surface area contributed by atoms with E-state index in [4.69, 9.17) is 5.21 Å². The highest BCUT2D eigenvalue weighted by molar-refractivity contribution is 6.12. The Morgan fingerprint density at radius 2 is 1.80 bits per heavy atom. The van der Waals surface area contributed by atoms with Crippen molar-refractivity contribution in [3.63, 3.8) is 0 Å². The predicted molar refractivity (Wildman–Crippen MR) is 82.2 cm³/mol. The van der Waals surface area contributed by atoms with Gasteiger partial charge in [-0.3, -0.25) is 0 Å². The second-order valence-electron chi connectivity index (χ2n) is 4.56. The molecular weight excluding hydrogens is 246 g/mol. The first kappa shape index (κ1) is 13.9. The molecule has 2 nitrogen and oxygen atoms in total. The van der Waals surface area contributed by atoms with Crippen LogP contribution in [-0.2, 0) is 6.42 Å². The maximum absolute atomic E-state index is 9.14. The highest BCUT2D eigenvalue weighted by Crippen LogP contribution is 2.08. The summed E-state index contributed by atoms with van der Waals surface area (Å²) in [6.45, 7) is 4.11. The van der Waals surface area contributed by atoms with Crippen molar-refractivity contribution in [3.05, 3.63) is 70.8 Å². The summed E-state index contributed by atoms with van der Waals surface area (Å²) >= 11 is 0. The summed E-state index contributed by atoms with van der Waals surface area (Å²) in [4.78, 5) is 0. The van der Waals surface area contributed by atoms with Crippen LogP contribution in [0.3, 0.4) is 0 Å². The molecule has 2 rings (SSSR count). The molecular formula is C18H17NO. The zero-order chi connectivity index (χ0) is 14.4. The topological polar surface area (TPSA) is 32.6 Å². The van der Waals surface area contributed by atoms with Gasteiger partial charge in [0.25, 0.3) is 0 Å². The molecule has 0 aliphatic carbocycles. The molecule has 1 N–H and O–H groups in total. The van der Waals surface area contributed by atoms with Crippen LogP contribution >= 0.6 is 0 Å². The third kappa shape index (κ3) is 3.27. The van der Waals surface area contributed by atoms with Crippen LogP contribution < -0.4 is 0 Å². The van der Waals surface area contributed by atoms with E-state index in [1.165, 1.54) is 5.56 Å². The van der Waals surface area contributed by atoms with Gasteiger partial charge in [-0.05, 0) is 36.5 Å². The standard InChI is InChI=1S/C18H17NO/c1-3-15-8-10-17(11-9-15)18(19-20)13-12-16-7-5-4-6-14(16)2/h4-11,20H,3H2,1-2H3. The smallest absolute Gasteiger partial charge is 0.159 e. The highest BCUT2D eigenvalue weighted by Gasteiger charge is 2.01. The first-order chi connectivity index (χ1) is 9.74. The largest absolute Gasteiger partial charge is 0.410 e. The molecule has 0 amide bonds. The van der Waals surface area contributed by atoms with Gasteiger partial charge >= 0.3 is 0 Å². The van der Waals surface area contributed by atoms with Gasteiger partial charge in [0.15, 0.2) is 5.71 Å². The van der Waals surface area contributed by atoms with Crippen LogP contribution in [0.4, 0.5) is 0 Å². The van der Waals surface area contributed by atoms with E-state index in [0.29, 0.717) is 5.71 Å². The van der Waals surface area contributed by atoms with Crippen LogP contribution in [0.5, 0.6) is 0 Å². The molecule has 0 unspecified atom stereocenters. The summed E-state index contributed by atoms with van der Waals surface area (Å²) in [7, 11) is 0. The fourth-order valence-corrected chi connectivity index (χ4v) is 1.89. The predicted octanol–water partition coefficient (Wildman–Crippen LogP) is 3.79. The molecule has 0 spiro atoms. The van der Waals surface area contributed by atoms with E-state index in [2.05, 4.69) is 23.9 Å². The lowest BCUT2D eigenvalue weighted by Gasteiger charge is -2.00. The Morgan fingerprint density at radius 1 is 1.10 bits per heavy atom. The van der Waals surface area contributed by atoms with E-state index >= 15 is 0 Å². The number of nitrogens with zero attached hydrogens (tertiary/aromatic N) is 1. The number of benzene rings is 2. The Hall–Kier alpha value is -2.53. The summed E-state index contributed by atoms with van der Waals surface area (Å²) in [6.07, 6.45) is 0.987. The van der Waals surface area contributed by atoms with Crippen molar-refractivity contribution in [3.8, 4) is 11.8 Å². The molecule has 0 saturated heterocycles. The Kier molecular flexibility index (Phi) is 4.57. The van der Waals surface area contributed by atoms with E-state index in [1.54, 1.807) is 0 Å². The Labute approximate surface area is 119 Å². The van der Waals surface area contributed by atoms with Crippen LogP contribution in [0.1, 0.15) is 29.2 Å². The molecule has 2 heteroatoms. The molecule has 0 aromatic heterocycles. The average molecular weight is 263 g/mol. The number of hydrogen-bond acceptors (Lipinski definition) is 2. The number of hydrogen-bond donors (Lipinski definition) is 1. The lowest BCUT2D eigenvalue weighted by atomic mass is 10.1. The summed E-state index contributed by atoms with van der Waals surface area (Å²) in [5.41, 5.74) is 4.51. The molecule has 0 heterocycles. The summed E-state index contributed by atoms with van der Waals surface area (Å²) in [6, 6.07) is 15.8. The molecule has 2 aromatic rings. The van der Waals surface area contributed by atoms with Gasteiger partial charge in [-0.2, -0.15) is 0 Å². The van der Waals surface area contributed by atoms with Gasteiger partial charge in [0.2, 0.25) is 0 Å². The maximum Gasteiger partial charge on any atom is 0.159 e. The van der Waals surface area contributed by atoms with E-state index in [-0.39, 0.29) is 0 Å². The van der Waals surface area contributed by atoms with E-state index in [1.807, 2.05) is 55.5 Å². The zero-order valence-corrected chi connectivity index (χ0v) is 11.7. The van der Waals surface area contributed by atoms with Crippen LogP contribution in [0.15, 0.2) is 53.7 Å². The zero-order valence-electron chi connectivity index (χ0n) is 11.7. The van der Waals surface area contributed by atoms with Crippen molar-refractivity contribution >= 4 is 5.71 Å². The molecule has 0 atom stereocenters. The monoisotopic (exact) mass is 263 g/mol. The molecule has 0 fully saturated rings. The minimum Gasteiger partial charge on any atom is -0.410 e. The van der Waals surface area contributed by atoms with Crippen LogP contribution in [0.2, 0.25) is 0 Å². The van der Waals surface area contributed by atoms with E-state index in [0.717, 1.165) is 23.1 Å².